The minimum Gasteiger partial charge on any atom is -0.496 e. The van der Waals surface area contributed by atoms with Crippen molar-refractivity contribution in [2.75, 3.05) is 14.2 Å². The van der Waals surface area contributed by atoms with Gasteiger partial charge in [-0.15, -0.1) is 11.3 Å². The quantitative estimate of drug-likeness (QED) is 0.878. The Morgan fingerprint density at radius 1 is 1.35 bits per heavy atom. The molecular weight excluding hydrogens is 268 g/mol. The van der Waals surface area contributed by atoms with Crippen LogP contribution in [0.2, 0.25) is 0 Å². The molecule has 1 heterocycles. The third-order valence-corrected chi connectivity index (χ3v) is 4.32. The zero-order chi connectivity index (χ0) is 14.5. The van der Waals surface area contributed by atoms with Gasteiger partial charge in [-0.3, -0.25) is 0 Å². The highest BCUT2D eigenvalue weighted by molar-refractivity contribution is 7.15. The van der Waals surface area contributed by atoms with Crippen molar-refractivity contribution < 1.29 is 4.74 Å². The number of hydrogen-bond acceptors (Lipinski definition) is 4. The second-order valence-corrected chi connectivity index (χ2v) is 5.96. The molecule has 1 aromatic carbocycles. The van der Waals surface area contributed by atoms with Crippen molar-refractivity contribution in [3.63, 3.8) is 0 Å². The molecular formula is C16H22N2OS. The van der Waals surface area contributed by atoms with Gasteiger partial charge in [0, 0.05) is 11.4 Å². The zero-order valence-corrected chi connectivity index (χ0v) is 13.4. The molecule has 0 atom stereocenters. The number of benzene rings is 1. The first kappa shape index (κ1) is 15.0. The molecule has 0 spiro atoms. The number of ether oxygens (including phenoxy) is 1. The van der Waals surface area contributed by atoms with Crippen molar-refractivity contribution in [2.45, 2.75) is 33.2 Å². The first-order valence-electron chi connectivity index (χ1n) is 6.97. The third-order valence-electron chi connectivity index (χ3n) is 3.19. The molecule has 3 nitrogen and oxygen atoms in total. The fourth-order valence-electron chi connectivity index (χ4n) is 2.20. The lowest BCUT2D eigenvalue weighted by atomic mass is 10.1. The van der Waals surface area contributed by atoms with Gasteiger partial charge in [-0.2, -0.15) is 0 Å². The number of methoxy groups -OCH3 is 1. The van der Waals surface area contributed by atoms with Crippen LogP contribution in [0, 0.1) is 6.92 Å². The second kappa shape index (κ2) is 6.86. The number of aryl methyl sites for hydroxylation is 2. The standard InChI is InChI=1S/C16H22N2OS/c1-5-6-13-15(10-17-3)20-16(18-13)12-8-7-11(2)9-14(12)19-4/h7-9,17H,5-6,10H2,1-4H3. The van der Waals surface area contributed by atoms with Crippen LogP contribution in [0.3, 0.4) is 0 Å². The Labute approximate surface area is 125 Å². The van der Waals surface area contributed by atoms with Crippen molar-refractivity contribution >= 4 is 11.3 Å². The Morgan fingerprint density at radius 3 is 2.80 bits per heavy atom. The summed E-state index contributed by atoms with van der Waals surface area (Å²) in [4.78, 5) is 6.15. The highest BCUT2D eigenvalue weighted by Crippen LogP contribution is 2.35. The summed E-state index contributed by atoms with van der Waals surface area (Å²) in [5, 5.41) is 4.28. The van der Waals surface area contributed by atoms with E-state index < -0.39 is 0 Å². The third kappa shape index (κ3) is 3.19. The van der Waals surface area contributed by atoms with Crippen LogP contribution < -0.4 is 10.1 Å². The molecule has 0 aliphatic heterocycles. The van der Waals surface area contributed by atoms with E-state index in [2.05, 4.69) is 37.4 Å². The maximum atomic E-state index is 5.50. The summed E-state index contributed by atoms with van der Waals surface area (Å²) in [6, 6.07) is 6.27. The molecule has 0 saturated heterocycles. The average Bonchev–Trinajstić information content (AvgIpc) is 2.82. The van der Waals surface area contributed by atoms with E-state index in [1.165, 1.54) is 16.1 Å². The first-order valence-corrected chi connectivity index (χ1v) is 7.79. The topological polar surface area (TPSA) is 34.1 Å². The van der Waals surface area contributed by atoms with E-state index in [1.807, 2.05) is 7.05 Å². The van der Waals surface area contributed by atoms with Crippen molar-refractivity contribution in [3.05, 3.63) is 34.3 Å². The minimum absolute atomic E-state index is 0.876. The summed E-state index contributed by atoms with van der Waals surface area (Å²) in [5.41, 5.74) is 3.50. The molecule has 4 heteroatoms. The van der Waals surface area contributed by atoms with Crippen LogP contribution in [0.25, 0.3) is 10.6 Å². The molecule has 0 unspecified atom stereocenters. The van der Waals surface area contributed by atoms with Gasteiger partial charge in [-0.05, 0) is 38.1 Å². The molecule has 0 aliphatic rings. The van der Waals surface area contributed by atoms with Crippen molar-refractivity contribution in [1.82, 2.24) is 10.3 Å². The number of nitrogens with zero attached hydrogens (tertiary/aromatic N) is 1. The van der Waals surface area contributed by atoms with Gasteiger partial charge in [0.15, 0.2) is 0 Å². The van der Waals surface area contributed by atoms with Gasteiger partial charge in [0.2, 0.25) is 0 Å². The van der Waals surface area contributed by atoms with Gasteiger partial charge < -0.3 is 10.1 Å². The molecule has 1 N–H and O–H groups in total. The Morgan fingerprint density at radius 2 is 2.15 bits per heavy atom. The fraction of sp³-hybridized carbons (Fsp3) is 0.438. The summed E-state index contributed by atoms with van der Waals surface area (Å²) in [6.45, 7) is 5.14. The van der Waals surface area contributed by atoms with E-state index in [-0.39, 0.29) is 0 Å². The summed E-state index contributed by atoms with van der Waals surface area (Å²) in [7, 11) is 3.69. The van der Waals surface area contributed by atoms with Crippen molar-refractivity contribution in [2.24, 2.45) is 0 Å². The number of rotatable bonds is 6. The van der Waals surface area contributed by atoms with Crippen molar-refractivity contribution in [1.29, 1.82) is 0 Å². The normalized spacial score (nSPS) is 10.8. The lowest BCUT2D eigenvalue weighted by Gasteiger charge is -2.06. The lowest BCUT2D eigenvalue weighted by molar-refractivity contribution is 0.416. The summed E-state index contributed by atoms with van der Waals surface area (Å²) >= 11 is 1.76. The maximum absolute atomic E-state index is 5.50. The first-order chi connectivity index (χ1) is 9.69. The molecule has 2 aromatic rings. The molecule has 0 aliphatic carbocycles. The summed E-state index contributed by atoms with van der Waals surface area (Å²) in [6.07, 6.45) is 2.15. The molecule has 0 fully saturated rings. The van der Waals surface area contributed by atoms with Gasteiger partial charge in [-0.25, -0.2) is 4.98 Å². The lowest BCUT2D eigenvalue weighted by Crippen LogP contribution is -2.05. The van der Waals surface area contributed by atoms with Gasteiger partial charge in [0.25, 0.3) is 0 Å². The predicted molar refractivity (Wildman–Crippen MR) is 85.6 cm³/mol. The van der Waals surface area contributed by atoms with Crippen LogP contribution >= 0.6 is 11.3 Å². The number of aromatic nitrogens is 1. The number of hydrogen-bond donors (Lipinski definition) is 1. The van der Waals surface area contributed by atoms with Gasteiger partial charge in [-0.1, -0.05) is 19.4 Å². The average molecular weight is 290 g/mol. The molecule has 0 saturated carbocycles. The minimum atomic E-state index is 0.876. The van der Waals surface area contributed by atoms with Crippen LogP contribution in [-0.4, -0.2) is 19.1 Å². The SMILES string of the molecule is CCCc1nc(-c2ccc(C)cc2OC)sc1CNC. The van der Waals surface area contributed by atoms with Gasteiger partial charge in [0.1, 0.15) is 10.8 Å². The number of nitrogens with one attached hydrogen (secondary N) is 1. The molecule has 0 radical (unpaired) electrons. The molecule has 108 valence electrons. The second-order valence-electron chi connectivity index (χ2n) is 4.87. The van der Waals surface area contributed by atoms with Gasteiger partial charge in [0.05, 0.1) is 18.4 Å². The molecule has 2 rings (SSSR count). The molecule has 0 bridgehead atoms. The Kier molecular flexibility index (Phi) is 5.15. The Hall–Kier alpha value is -1.39. The van der Waals surface area contributed by atoms with Crippen LogP contribution in [-0.2, 0) is 13.0 Å². The smallest absolute Gasteiger partial charge is 0.129 e. The Balaban J connectivity index is 2.44. The van der Waals surface area contributed by atoms with E-state index in [0.717, 1.165) is 35.7 Å². The highest BCUT2D eigenvalue weighted by Gasteiger charge is 2.14. The summed E-state index contributed by atoms with van der Waals surface area (Å²) < 4.78 is 5.50. The highest BCUT2D eigenvalue weighted by atomic mass is 32.1. The van der Waals surface area contributed by atoms with E-state index in [1.54, 1.807) is 18.4 Å². The molecule has 1 aromatic heterocycles. The molecule has 0 amide bonds. The van der Waals surface area contributed by atoms with Crippen molar-refractivity contribution in [3.8, 4) is 16.3 Å². The largest absolute Gasteiger partial charge is 0.496 e. The predicted octanol–water partition coefficient (Wildman–Crippen LogP) is 3.80. The monoisotopic (exact) mass is 290 g/mol. The van der Waals surface area contributed by atoms with Crippen LogP contribution in [0.5, 0.6) is 5.75 Å². The van der Waals surface area contributed by atoms with Crippen LogP contribution in [0.15, 0.2) is 18.2 Å². The van der Waals surface area contributed by atoms with E-state index in [0.29, 0.717) is 0 Å². The van der Waals surface area contributed by atoms with Crippen LogP contribution in [0.4, 0.5) is 0 Å². The van der Waals surface area contributed by atoms with E-state index in [9.17, 15) is 0 Å². The zero-order valence-electron chi connectivity index (χ0n) is 12.6. The maximum Gasteiger partial charge on any atom is 0.129 e. The van der Waals surface area contributed by atoms with Crippen LogP contribution in [0.1, 0.15) is 29.5 Å². The summed E-state index contributed by atoms with van der Waals surface area (Å²) in [5.74, 6) is 0.901. The van der Waals surface area contributed by atoms with Gasteiger partial charge >= 0.3 is 0 Å². The Bertz CT molecular complexity index is 554. The fourth-order valence-corrected chi connectivity index (χ4v) is 3.35. The van der Waals surface area contributed by atoms with E-state index in [4.69, 9.17) is 9.72 Å². The molecule has 20 heavy (non-hydrogen) atoms. The number of thiazole rings is 1. The van der Waals surface area contributed by atoms with E-state index >= 15 is 0 Å².